The van der Waals surface area contributed by atoms with Crippen LogP contribution in [-0.4, -0.2) is 9.97 Å². The summed E-state index contributed by atoms with van der Waals surface area (Å²) in [6, 6.07) is 7.72. The van der Waals surface area contributed by atoms with E-state index in [4.69, 9.17) is 17.3 Å². The molecule has 2 rings (SSSR count). The first kappa shape index (κ1) is 12.8. The zero-order chi connectivity index (χ0) is 13.1. The Hall–Kier alpha value is -1.61. The fourth-order valence-electron chi connectivity index (χ4n) is 1.87. The van der Waals surface area contributed by atoms with Gasteiger partial charge in [0, 0.05) is 22.7 Å². The van der Waals surface area contributed by atoms with Crippen molar-refractivity contribution in [1.29, 1.82) is 0 Å². The summed E-state index contributed by atoms with van der Waals surface area (Å²) in [6.45, 7) is 4.02. The van der Waals surface area contributed by atoms with Crippen LogP contribution in [0.2, 0.25) is 5.02 Å². The molecule has 0 saturated carbocycles. The number of benzene rings is 1. The van der Waals surface area contributed by atoms with Gasteiger partial charge >= 0.3 is 0 Å². The smallest absolute Gasteiger partial charge is 0.135 e. The van der Waals surface area contributed by atoms with Crippen molar-refractivity contribution in [3.63, 3.8) is 0 Å². The number of anilines is 1. The number of aryl methyl sites for hydroxylation is 1. The van der Waals surface area contributed by atoms with Crippen molar-refractivity contribution in [2.45, 2.75) is 26.7 Å². The summed E-state index contributed by atoms with van der Waals surface area (Å²) < 4.78 is 0. The summed E-state index contributed by atoms with van der Waals surface area (Å²) in [5.41, 5.74) is 8.90. The summed E-state index contributed by atoms with van der Waals surface area (Å²) in [7, 11) is 0. The van der Waals surface area contributed by atoms with Crippen LogP contribution < -0.4 is 5.73 Å². The maximum atomic E-state index is 6.13. The van der Waals surface area contributed by atoms with Gasteiger partial charge in [0.1, 0.15) is 11.6 Å². The van der Waals surface area contributed by atoms with E-state index in [9.17, 15) is 0 Å². The van der Waals surface area contributed by atoms with Crippen LogP contribution in [0.25, 0.3) is 0 Å². The number of hydrogen-bond acceptors (Lipinski definition) is 3. The Morgan fingerprint density at radius 3 is 2.61 bits per heavy atom. The molecule has 3 nitrogen and oxygen atoms in total. The van der Waals surface area contributed by atoms with Gasteiger partial charge in [-0.2, -0.15) is 0 Å². The Labute approximate surface area is 112 Å². The molecule has 0 atom stereocenters. The molecular formula is C14H16ClN3. The molecule has 0 saturated heterocycles. The number of halogens is 1. The van der Waals surface area contributed by atoms with Crippen molar-refractivity contribution in [3.8, 4) is 0 Å². The van der Waals surface area contributed by atoms with Crippen LogP contribution >= 0.6 is 11.6 Å². The van der Waals surface area contributed by atoms with Crippen LogP contribution in [0.1, 0.15) is 29.6 Å². The summed E-state index contributed by atoms with van der Waals surface area (Å²) in [5, 5.41) is 0.735. The van der Waals surface area contributed by atoms with Crippen molar-refractivity contribution in [2.24, 2.45) is 0 Å². The van der Waals surface area contributed by atoms with E-state index in [0.717, 1.165) is 34.1 Å². The minimum Gasteiger partial charge on any atom is -0.383 e. The second kappa shape index (κ2) is 5.36. The van der Waals surface area contributed by atoms with Crippen LogP contribution in [0.3, 0.4) is 0 Å². The third-order valence-electron chi connectivity index (χ3n) is 2.97. The molecule has 1 aromatic carbocycles. The molecule has 0 aliphatic carbocycles. The Balaban J connectivity index is 2.36. The van der Waals surface area contributed by atoms with Crippen molar-refractivity contribution in [2.75, 3.05) is 5.73 Å². The van der Waals surface area contributed by atoms with E-state index in [2.05, 4.69) is 16.9 Å². The molecule has 0 aliphatic heterocycles. The molecule has 0 bridgehead atoms. The van der Waals surface area contributed by atoms with Gasteiger partial charge in [0.2, 0.25) is 0 Å². The molecule has 2 N–H and O–H groups in total. The second-order valence-electron chi connectivity index (χ2n) is 4.22. The highest BCUT2D eigenvalue weighted by molar-refractivity contribution is 6.31. The van der Waals surface area contributed by atoms with Gasteiger partial charge in [-0.3, -0.25) is 0 Å². The third kappa shape index (κ3) is 2.62. The highest BCUT2D eigenvalue weighted by Crippen LogP contribution is 2.19. The first-order chi connectivity index (χ1) is 8.61. The maximum Gasteiger partial charge on any atom is 0.135 e. The van der Waals surface area contributed by atoms with Crippen LogP contribution in [0, 0.1) is 6.92 Å². The number of hydrogen-bond donors (Lipinski definition) is 1. The molecule has 94 valence electrons. The van der Waals surface area contributed by atoms with Gasteiger partial charge in [-0.15, -0.1) is 0 Å². The van der Waals surface area contributed by atoms with E-state index >= 15 is 0 Å². The van der Waals surface area contributed by atoms with E-state index in [1.54, 1.807) is 0 Å². The SMILES string of the molecule is CCc1nc(Cc2ccccc2Cl)nc(N)c1C. The normalized spacial score (nSPS) is 10.6. The number of nitrogens with two attached hydrogens (primary N) is 1. The topological polar surface area (TPSA) is 51.8 Å². The zero-order valence-corrected chi connectivity index (χ0v) is 11.3. The zero-order valence-electron chi connectivity index (χ0n) is 10.6. The van der Waals surface area contributed by atoms with Crippen molar-refractivity contribution < 1.29 is 0 Å². The molecule has 1 aromatic heterocycles. The lowest BCUT2D eigenvalue weighted by Gasteiger charge is -2.09. The van der Waals surface area contributed by atoms with Crippen LogP contribution in [0.4, 0.5) is 5.82 Å². The first-order valence-corrected chi connectivity index (χ1v) is 6.35. The molecule has 0 unspecified atom stereocenters. The summed E-state index contributed by atoms with van der Waals surface area (Å²) in [4.78, 5) is 8.86. The summed E-state index contributed by atoms with van der Waals surface area (Å²) in [5.74, 6) is 1.28. The van der Waals surface area contributed by atoms with Gasteiger partial charge in [-0.1, -0.05) is 36.7 Å². The predicted octanol–water partition coefficient (Wildman–Crippen LogP) is 3.17. The highest BCUT2D eigenvalue weighted by Gasteiger charge is 2.09. The molecule has 0 aliphatic rings. The van der Waals surface area contributed by atoms with E-state index in [0.29, 0.717) is 12.2 Å². The van der Waals surface area contributed by atoms with Gasteiger partial charge in [-0.25, -0.2) is 9.97 Å². The fraction of sp³-hybridized carbons (Fsp3) is 0.286. The van der Waals surface area contributed by atoms with E-state index < -0.39 is 0 Å². The maximum absolute atomic E-state index is 6.13. The Bertz CT molecular complexity index is 567. The molecule has 0 spiro atoms. The minimum atomic E-state index is 0.559. The molecule has 1 heterocycles. The molecule has 2 aromatic rings. The van der Waals surface area contributed by atoms with Crippen molar-refractivity contribution in [3.05, 3.63) is 51.9 Å². The predicted molar refractivity (Wildman–Crippen MR) is 74.8 cm³/mol. The molecular weight excluding hydrogens is 246 g/mol. The van der Waals surface area contributed by atoms with Gasteiger partial charge in [0.25, 0.3) is 0 Å². The van der Waals surface area contributed by atoms with E-state index in [1.807, 2.05) is 31.2 Å². The lowest BCUT2D eigenvalue weighted by Crippen LogP contribution is -2.07. The largest absolute Gasteiger partial charge is 0.383 e. The van der Waals surface area contributed by atoms with E-state index in [1.165, 1.54) is 0 Å². The fourth-order valence-corrected chi connectivity index (χ4v) is 2.07. The van der Waals surface area contributed by atoms with E-state index in [-0.39, 0.29) is 0 Å². The summed E-state index contributed by atoms with van der Waals surface area (Å²) >= 11 is 6.13. The molecule has 0 amide bonds. The number of nitrogen functional groups attached to an aromatic ring is 1. The number of nitrogens with zero attached hydrogens (tertiary/aromatic N) is 2. The minimum absolute atomic E-state index is 0.559. The van der Waals surface area contributed by atoms with Gasteiger partial charge in [0.15, 0.2) is 0 Å². The van der Waals surface area contributed by atoms with Gasteiger partial charge < -0.3 is 5.73 Å². The number of rotatable bonds is 3. The van der Waals surface area contributed by atoms with Crippen LogP contribution in [-0.2, 0) is 12.8 Å². The molecule has 0 fully saturated rings. The average Bonchev–Trinajstić information content (AvgIpc) is 2.36. The van der Waals surface area contributed by atoms with Crippen molar-refractivity contribution in [1.82, 2.24) is 9.97 Å². The highest BCUT2D eigenvalue weighted by atomic mass is 35.5. The lowest BCUT2D eigenvalue weighted by atomic mass is 10.1. The molecule has 4 heteroatoms. The molecule has 18 heavy (non-hydrogen) atoms. The first-order valence-electron chi connectivity index (χ1n) is 5.97. The van der Waals surface area contributed by atoms with Gasteiger partial charge in [-0.05, 0) is 25.0 Å². The quantitative estimate of drug-likeness (QED) is 0.923. The average molecular weight is 262 g/mol. The lowest BCUT2D eigenvalue weighted by molar-refractivity contribution is 0.895. The Morgan fingerprint density at radius 1 is 1.22 bits per heavy atom. The van der Waals surface area contributed by atoms with Gasteiger partial charge in [0.05, 0.1) is 0 Å². The summed E-state index contributed by atoms with van der Waals surface area (Å²) in [6.07, 6.45) is 1.46. The monoisotopic (exact) mass is 261 g/mol. The number of aromatic nitrogens is 2. The second-order valence-corrected chi connectivity index (χ2v) is 4.63. The Morgan fingerprint density at radius 2 is 1.94 bits per heavy atom. The van der Waals surface area contributed by atoms with Crippen LogP contribution in [0.5, 0.6) is 0 Å². The molecule has 0 radical (unpaired) electrons. The Kier molecular flexibility index (Phi) is 3.82. The van der Waals surface area contributed by atoms with Crippen molar-refractivity contribution >= 4 is 17.4 Å². The third-order valence-corrected chi connectivity index (χ3v) is 3.34. The van der Waals surface area contributed by atoms with Crippen LogP contribution in [0.15, 0.2) is 24.3 Å². The standard InChI is InChI=1S/C14H16ClN3/c1-3-12-9(2)14(16)18-13(17-12)8-10-6-4-5-7-11(10)15/h4-7H,3,8H2,1-2H3,(H2,16,17,18).